The molecule has 1 amide bonds. The average Bonchev–Trinajstić information content (AvgIpc) is 2.96. The van der Waals surface area contributed by atoms with Crippen molar-refractivity contribution in [2.45, 2.75) is 20.1 Å². The minimum absolute atomic E-state index is 0.0978. The predicted molar refractivity (Wildman–Crippen MR) is 87.8 cm³/mol. The number of alkyl halides is 2. The van der Waals surface area contributed by atoms with Crippen LogP contribution in [0, 0.1) is 6.92 Å². The number of carbonyl (C=O) groups is 1. The lowest BCUT2D eigenvalue weighted by molar-refractivity contribution is -0.0497. The van der Waals surface area contributed by atoms with Gasteiger partial charge in [0, 0.05) is 17.5 Å². The van der Waals surface area contributed by atoms with Crippen molar-refractivity contribution in [1.82, 2.24) is 9.88 Å². The topological polar surface area (TPSA) is 51.7 Å². The molecule has 0 radical (unpaired) electrons. The minimum Gasteiger partial charge on any atom is -0.448 e. The predicted octanol–water partition coefficient (Wildman–Crippen LogP) is 4.26. The van der Waals surface area contributed by atoms with Gasteiger partial charge in [-0.3, -0.25) is 4.98 Å². The number of hydrogen-bond donors (Lipinski definition) is 0. The maximum atomic E-state index is 12.5. The molecule has 1 aliphatic heterocycles. The van der Waals surface area contributed by atoms with E-state index in [0.29, 0.717) is 30.8 Å². The van der Waals surface area contributed by atoms with Crippen LogP contribution in [0.5, 0.6) is 5.75 Å². The summed E-state index contributed by atoms with van der Waals surface area (Å²) in [7, 11) is 0. The van der Waals surface area contributed by atoms with Crippen molar-refractivity contribution in [1.29, 1.82) is 0 Å². The maximum Gasteiger partial charge on any atom is 0.410 e. The van der Waals surface area contributed by atoms with Gasteiger partial charge in [0.2, 0.25) is 0 Å². The summed E-state index contributed by atoms with van der Waals surface area (Å²) in [6.07, 6.45) is 1.28. The summed E-state index contributed by atoms with van der Waals surface area (Å²) in [5.74, 6) is -0.0978. The molecule has 0 bridgehead atoms. The van der Waals surface area contributed by atoms with Gasteiger partial charge in [0.25, 0.3) is 0 Å². The molecule has 0 atom stereocenters. The largest absolute Gasteiger partial charge is 0.448 e. The molecule has 0 aliphatic carbocycles. The molecule has 2 aromatic rings. The summed E-state index contributed by atoms with van der Waals surface area (Å²) in [4.78, 5) is 17.5. The molecule has 0 N–H and O–H groups in total. The normalized spacial score (nSPS) is 14.1. The van der Waals surface area contributed by atoms with E-state index in [4.69, 9.17) is 16.3 Å². The second-order valence-electron chi connectivity index (χ2n) is 5.53. The number of nitrogens with zero attached hydrogens (tertiary/aromatic N) is 2. The Hall–Kier alpha value is -2.41. The van der Waals surface area contributed by atoms with E-state index in [9.17, 15) is 13.6 Å². The van der Waals surface area contributed by atoms with Crippen LogP contribution in [-0.4, -0.2) is 35.7 Å². The number of amides is 1. The molecule has 8 heteroatoms. The molecule has 0 spiro atoms. The Kier molecular flexibility index (Phi) is 5.03. The van der Waals surface area contributed by atoms with Gasteiger partial charge in [-0.15, -0.1) is 0 Å². The van der Waals surface area contributed by atoms with Crippen molar-refractivity contribution in [2.75, 3.05) is 13.2 Å². The van der Waals surface area contributed by atoms with Crippen LogP contribution in [0.25, 0.3) is 11.1 Å². The molecule has 25 heavy (non-hydrogen) atoms. The zero-order valence-electron chi connectivity index (χ0n) is 13.3. The number of pyridine rings is 1. The van der Waals surface area contributed by atoms with Crippen LogP contribution >= 0.6 is 11.6 Å². The third-order valence-electron chi connectivity index (χ3n) is 3.88. The third kappa shape index (κ3) is 3.99. The van der Waals surface area contributed by atoms with Crippen molar-refractivity contribution in [3.63, 3.8) is 0 Å². The molecular weight excluding hydrogens is 354 g/mol. The zero-order chi connectivity index (χ0) is 18.0. The van der Waals surface area contributed by atoms with Crippen LogP contribution in [0.4, 0.5) is 13.6 Å². The summed E-state index contributed by atoms with van der Waals surface area (Å²) in [6, 6.07) is 6.49. The monoisotopic (exact) mass is 368 g/mol. The number of rotatable bonds is 5. The lowest BCUT2D eigenvalue weighted by Gasteiger charge is -2.15. The molecular formula is C17H15ClF2N2O3. The molecule has 132 valence electrons. The van der Waals surface area contributed by atoms with Gasteiger partial charge in [0.05, 0.1) is 18.1 Å². The standard InChI is InChI=1S/C17H15ClF2N2O3/c1-10-13(9-22-4-5-24-17(22)23)6-12(8-21-10)11-2-3-14(18)15(7-11)25-16(19)20/h2-3,6-8,16H,4-5,9H2,1H3. The number of hydrogen-bond acceptors (Lipinski definition) is 4. The number of cyclic esters (lactones) is 1. The zero-order valence-corrected chi connectivity index (χ0v) is 14.1. The Labute approximate surface area is 148 Å². The molecule has 0 saturated carbocycles. The third-order valence-corrected chi connectivity index (χ3v) is 4.19. The first-order valence-corrected chi connectivity index (χ1v) is 7.94. The number of halogens is 3. The highest BCUT2D eigenvalue weighted by Crippen LogP contribution is 2.32. The molecule has 1 aliphatic rings. The molecule has 1 aromatic carbocycles. The summed E-state index contributed by atoms with van der Waals surface area (Å²) < 4.78 is 34.3. The van der Waals surface area contributed by atoms with Crippen molar-refractivity contribution in [2.24, 2.45) is 0 Å². The molecule has 2 heterocycles. The Morgan fingerprint density at radius 3 is 2.84 bits per heavy atom. The summed E-state index contributed by atoms with van der Waals surface area (Å²) in [6.45, 7) is 0.153. The van der Waals surface area contributed by atoms with E-state index in [1.807, 2.05) is 13.0 Å². The molecule has 3 rings (SSSR count). The van der Waals surface area contributed by atoms with Gasteiger partial charge in [0.1, 0.15) is 12.4 Å². The highest BCUT2D eigenvalue weighted by Gasteiger charge is 2.22. The quantitative estimate of drug-likeness (QED) is 0.791. The number of aromatic nitrogens is 1. The van der Waals surface area contributed by atoms with Gasteiger partial charge in [-0.25, -0.2) is 4.79 Å². The highest BCUT2D eigenvalue weighted by atomic mass is 35.5. The van der Waals surface area contributed by atoms with E-state index in [1.165, 1.54) is 12.1 Å². The van der Waals surface area contributed by atoms with Gasteiger partial charge in [-0.1, -0.05) is 17.7 Å². The first-order valence-electron chi connectivity index (χ1n) is 7.56. The van der Waals surface area contributed by atoms with Crippen LogP contribution in [0.2, 0.25) is 5.02 Å². The van der Waals surface area contributed by atoms with E-state index in [2.05, 4.69) is 9.72 Å². The maximum absolute atomic E-state index is 12.5. The fourth-order valence-electron chi connectivity index (χ4n) is 2.54. The second-order valence-corrected chi connectivity index (χ2v) is 5.94. The lowest BCUT2D eigenvalue weighted by Crippen LogP contribution is -2.24. The molecule has 5 nitrogen and oxygen atoms in total. The van der Waals surface area contributed by atoms with Gasteiger partial charge in [-0.2, -0.15) is 8.78 Å². The second kappa shape index (κ2) is 7.23. The lowest BCUT2D eigenvalue weighted by atomic mass is 10.0. The molecule has 0 unspecified atom stereocenters. The average molecular weight is 369 g/mol. The fourth-order valence-corrected chi connectivity index (χ4v) is 2.70. The Morgan fingerprint density at radius 1 is 1.36 bits per heavy atom. The van der Waals surface area contributed by atoms with Gasteiger partial charge >= 0.3 is 12.7 Å². The van der Waals surface area contributed by atoms with E-state index in [-0.39, 0.29) is 16.9 Å². The van der Waals surface area contributed by atoms with Crippen LogP contribution in [0.3, 0.4) is 0 Å². The Balaban J connectivity index is 1.90. The summed E-state index contributed by atoms with van der Waals surface area (Å²) >= 11 is 5.88. The van der Waals surface area contributed by atoms with E-state index >= 15 is 0 Å². The number of carbonyl (C=O) groups excluding carboxylic acids is 1. The number of ether oxygens (including phenoxy) is 2. The van der Waals surface area contributed by atoms with Gasteiger partial charge in [-0.05, 0) is 36.2 Å². The van der Waals surface area contributed by atoms with E-state index < -0.39 is 6.61 Å². The minimum atomic E-state index is -2.96. The Morgan fingerprint density at radius 2 is 2.16 bits per heavy atom. The van der Waals surface area contributed by atoms with Crippen molar-refractivity contribution >= 4 is 17.7 Å². The highest BCUT2D eigenvalue weighted by molar-refractivity contribution is 6.32. The molecule has 1 fully saturated rings. The van der Waals surface area contributed by atoms with Crippen LogP contribution in [0.15, 0.2) is 30.5 Å². The fraction of sp³-hybridized carbons (Fsp3) is 0.294. The van der Waals surface area contributed by atoms with Crippen LogP contribution in [-0.2, 0) is 11.3 Å². The molecule has 1 saturated heterocycles. The summed E-state index contributed by atoms with van der Waals surface area (Å²) in [5, 5.41) is 0.101. The van der Waals surface area contributed by atoms with Crippen molar-refractivity contribution in [3.05, 3.63) is 46.7 Å². The van der Waals surface area contributed by atoms with Crippen LogP contribution in [0.1, 0.15) is 11.3 Å². The number of aryl methyl sites for hydroxylation is 1. The SMILES string of the molecule is Cc1ncc(-c2ccc(Cl)c(OC(F)F)c2)cc1CN1CCOC1=O. The van der Waals surface area contributed by atoms with Crippen molar-refractivity contribution in [3.8, 4) is 16.9 Å². The summed E-state index contributed by atoms with van der Waals surface area (Å²) in [5.41, 5.74) is 2.98. The smallest absolute Gasteiger partial charge is 0.410 e. The first-order chi connectivity index (χ1) is 11.9. The first kappa shape index (κ1) is 17.4. The Bertz CT molecular complexity index is 801. The number of benzene rings is 1. The molecule has 1 aromatic heterocycles. The van der Waals surface area contributed by atoms with Crippen molar-refractivity contribution < 1.29 is 23.0 Å². The van der Waals surface area contributed by atoms with Crippen LogP contribution < -0.4 is 4.74 Å². The van der Waals surface area contributed by atoms with Gasteiger partial charge < -0.3 is 14.4 Å². The van der Waals surface area contributed by atoms with Gasteiger partial charge in [0.15, 0.2) is 0 Å². The van der Waals surface area contributed by atoms with E-state index in [1.54, 1.807) is 17.2 Å². The van der Waals surface area contributed by atoms with E-state index in [0.717, 1.165) is 11.3 Å².